The number of amides is 1. The van der Waals surface area contributed by atoms with Gasteiger partial charge in [-0.1, -0.05) is 19.6 Å². The second-order valence-electron chi connectivity index (χ2n) is 5.01. The Balaban J connectivity index is 2.20. The van der Waals surface area contributed by atoms with Gasteiger partial charge in [0.25, 0.3) is 0 Å². The molecule has 0 bridgehead atoms. The number of carbonyl (C=O) groups is 3. The van der Waals surface area contributed by atoms with Gasteiger partial charge in [-0.3, -0.25) is 9.59 Å². The smallest absolute Gasteiger partial charge is 0.337 e. The van der Waals surface area contributed by atoms with Crippen molar-refractivity contribution in [2.45, 2.75) is 32.0 Å². The maximum Gasteiger partial charge on any atom is 0.337 e. The average Bonchev–Trinajstić information content (AvgIpc) is 2.57. The number of carbonyl (C=O) groups excluding carboxylic acids is 3. The number of ketones is 1. The molecule has 19 heavy (non-hydrogen) atoms. The van der Waals surface area contributed by atoms with E-state index in [4.69, 9.17) is 4.74 Å². The quantitative estimate of drug-likeness (QED) is 0.321. The van der Waals surface area contributed by atoms with Crippen LogP contribution in [0.4, 0.5) is 0 Å². The molecule has 104 valence electrons. The van der Waals surface area contributed by atoms with Crippen molar-refractivity contribution in [1.29, 1.82) is 0 Å². The molecule has 0 aromatic carbocycles. The van der Waals surface area contributed by atoms with Gasteiger partial charge in [-0.25, -0.2) is 4.79 Å². The second-order valence-corrected chi connectivity index (χ2v) is 5.01. The Morgan fingerprint density at radius 2 is 2.21 bits per heavy atom. The van der Waals surface area contributed by atoms with Crippen LogP contribution in [-0.4, -0.2) is 52.5 Å². The van der Waals surface area contributed by atoms with E-state index in [1.807, 2.05) is 0 Å². The summed E-state index contributed by atoms with van der Waals surface area (Å²) in [5.74, 6) is -2.47. The molecule has 2 fully saturated rings. The third kappa shape index (κ3) is 1.87. The number of fused-ring (bicyclic) bond motifs is 1. The molecule has 0 aromatic rings. The van der Waals surface area contributed by atoms with Gasteiger partial charge in [-0.05, 0) is 6.92 Å². The third-order valence-electron chi connectivity index (χ3n) is 3.82. The van der Waals surface area contributed by atoms with E-state index in [0.717, 1.165) is 0 Å². The van der Waals surface area contributed by atoms with Gasteiger partial charge < -0.3 is 14.7 Å². The molecule has 5 atom stereocenters. The van der Waals surface area contributed by atoms with E-state index >= 15 is 0 Å². The first-order valence-electron chi connectivity index (χ1n) is 6.23. The number of Topliss-reactive ketones (excluding diaryl/α,β-unsaturated/α-hetero) is 1. The third-order valence-corrected chi connectivity index (χ3v) is 3.82. The van der Waals surface area contributed by atoms with Gasteiger partial charge >= 0.3 is 5.97 Å². The summed E-state index contributed by atoms with van der Waals surface area (Å²) in [6.45, 7) is 6.60. The van der Waals surface area contributed by atoms with Crippen molar-refractivity contribution in [3.05, 3.63) is 12.7 Å². The largest absolute Gasteiger partial charge is 0.460 e. The minimum atomic E-state index is -1.16. The molecule has 1 amide bonds. The lowest BCUT2D eigenvalue weighted by Gasteiger charge is -2.46. The van der Waals surface area contributed by atoms with Crippen molar-refractivity contribution in [3.63, 3.8) is 0 Å². The molecule has 6 nitrogen and oxygen atoms in total. The fraction of sp³-hybridized carbons (Fsp3) is 0.615. The molecular weight excluding hydrogens is 250 g/mol. The Kier molecular flexibility index (Phi) is 3.45. The normalized spacial score (nSPS) is 34.6. The number of aliphatic hydroxyl groups is 1. The molecule has 6 heteroatoms. The molecular formula is C13H17NO5. The molecule has 3 unspecified atom stereocenters. The Bertz CT molecular complexity index is 444. The van der Waals surface area contributed by atoms with Crippen molar-refractivity contribution < 1.29 is 24.2 Å². The SMILES string of the molecule is C=CCOC(=O)C1C(=O)[C@H](C)[C@@H]2C(C(C)O)C(=O)N12. The van der Waals surface area contributed by atoms with E-state index < -0.39 is 36.0 Å². The monoisotopic (exact) mass is 267 g/mol. The first kappa shape index (κ1) is 13.7. The van der Waals surface area contributed by atoms with Crippen molar-refractivity contribution >= 4 is 17.7 Å². The summed E-state index contributed by atoms with van der Waals surface area (Å²) < 4.78 is 4.86. The first-order valence-corrected chi connectivity index (χ1v) is 6.23. The number of aliphatic hydroxyl groups excluding tert-OH is 1. The minimum absolute atomic E-state index is 0.00349. The van der Waals surface area contributed by atoms with Crippen LogP contribution in [0.15, 0.2) is 12.7 Å². The topological polar surface area (TPSA) is 83.9 Å². The van der Waals surface area contributed by atoms with Crippen LogP contribution >= 0.6 is 0 Å². The number of hydrogen-bond donors (Lipinski definition) is 1. The van der Waals surface area contributed by atoms with E-state index in [1.165, 1.54) is 17.9 Å². The van der Waals surface area contributed by atoms with Gasteiger partial charge in [0.15, 0.2) is 11.8 Å². The molecule has 2 saturated heterocycles. The molecule has 2 aliphatic heterocycles. The fourth-order valence-electron chi connectivity index (χ4n) is 2.90. The van der Waals surface area contributed by atoms with Gasteiger partial charge in [0, 0.05) is 5.92 Å². The highest BCUT2D eigenvalue weighted by Gasteiger charge is 2.64. The van der Waals surface area contributed by atoms with E-state index in [-0.39, 0.29) is 18.3 Å². The van der Waals surface area contributed by atoms with Crippen LogP contribution in [0.3, 0.4) is 0 Å². The molecule has 2 rings (SSSR count). The summed E-state index contributed by atoms with van der Waals surface area (Å²) in [6.07, 6.45) is 0.571. The lowest BCUT2D eigenvalue weighted by atomic mass is 9.79. The number of hydrogen-bond acceptors (Lipinski definition) is 5. The number of ether oxygens (including phenoxy) is 1. The van der Waals surface area contributed by atoms with Crippen molar-refractivity contribution in [2.24, 2.45) is 11.8 Å². The average molecular weight is 267 g/mol. The summed E-state index contributed by atoms with van der Waals surface area (Å²) in [4.78, 5) is 37.1. The summed E-state index contributed by atoms with van der Waals surface area (Å²) in [5, 5.41) is 9.57. The number of esters is 1. The van der Waals surface area contributed by atoms with Gasteiger partial charge in [0.1, 0.15) is 6.61 Å². The fourth-order valence-corrected chi connectivity index (χ4v) is 2.90. The summed E-state index contributed by atoms with van der Waals surface area (Å²) in [6, 6.07) is -1.57. The van der Waals surface area contributed by atoms with E-state index in [0.29, 0.717) is 0 Å². The van der Waals surface area contributed by atoms with Crippen LogP contribution in [0.2, 0.25) is 0 Å². The van der Waals surface area contributed by atoms with E-state index in [1.54, 1.807) is 6.92 Å². The zero-order valence-corrected chi connectivity index (χ0v) is 10.9. The van der Waals surface area contributed by atoms with Crippen molar-refractivity contribution in [3.8, 4) is 0 Å². The van der Waals surface area contributed by atoms with Crippen LogP contribution in [-0.2, 0) is 19.1 Å². The molecule has 1 N–H and O–H groups in total. The van der Waals surface area contributed by atoms with Crippen LogP contribution in [0, 0.1) is 11.8 Å². The van der Waals surface area contributed by atoms with Crippen LogP contribution < -0.4 is 0 Å². The molecule has 0 radical (unpaired) electrons. The summed E-state index contributed by atoms with van der Waals surface area (Å²) in [5.41, 5.74) is 0. The highest BCUT2D eigenvalue weighted by atomic mass is 16.5. The van der Waals surface area contributed by atoms with Crippen molar-refractivity contribution in [2.75, 3.05) is 6.61 Å². The maximum atomic E-state index is 12.1. The number of nitrogens with zero attached hydrogens (tertiary/aromatic N) is 1. The summed E-state index contributed by atoms with van der Waals surface area (Å²) in [7, 11) is 0. The Morgan fingerprint density at radius 1 is 1.58 bits per heavy atom. The van der Waals surface area contributed by atoms with Crippen LogP contribution in [0.5, 0.6) is 0 Å². The summed E-state index contributed by atoms with van der Waals surface area (Å²) >= 11 is 0. The zero-order valence-electron chi connectivity index (χ0n) is 10.9. The first-order chi connectivity index (χ1) is 8.91. The molecule has 0 spiro atoms. The zero-order chi connectivity index (χ0) is 14.3. The highest BCUT2D eigenvalue weighted by molar-refractivity contribution is 6.12. The Hall–Kier alpha value is -1.69. The van der Waals surface area contributed by atoms with Gasteiger partial charge in [0.05, 0.1) is 18.1 Å². The molecule has 2 aliphatic rings. The molecule has 2 heterocycles. The highest BCUT2D eigenvalue weighted by Crippen LogP contribution is 2.43. The standard InChI is InChI=1S/C13H17NO5/c1-4-5-19-13(18)10-11(16)6(2)9-8(7(3)15)12(17)14(9)10/h4,6-10,15H,1,5H2,2-3H3/t6-,7?,8?,9-,10?/m1/s1. The molecule has 0 saturated carbocycles. The van der Waals surface area contributed by atoms with Gasteiger partial charge in [0.2, 0.25) is 5.91 Å². The Labute approximate surface area is 111 Å². The van der Waals surface area contributed by atoms with Gasteiger partial charge in [-0.2, -0.15) is 0 Å². The number of rotatable bonds is 4. The van der Waals surface area contributed by atoms with Crippen LogP contribution in [0.1, 0.15) is 13.8 Å². The van der Waals surface area contributed by atoms with Crippen LogP contribution in [0.25, 0.3) is 0 Å². The second kappa shape index (κ2) is 4.77. The lowest BCUT2D eigenvalue weighted by molar-refractivity contribution is -0.172. The Morgan fingerprint density at radius 3 is 2.74 bits per heavy atom. The number of β-lactam (4-membered cyclic amide) rings is 1. The van der Waals surface area contributed by atoms with E-state index in [2.05, 4.69) is 6.58 Å². The maximum absolute atomic E-state index is 12.1. The predicted octanol–water partition coefficient (Wildman–Crippen LogP) is -0.489. The predicted molar refractivity (Wildman–Crippen MR) is 64.9 cm³/mol. The minimum Gasteiger partial charge on any atom is -0.460 e. The van der Waals surface area contributed by atoms with E-state index in [9.17, 15) is 19.5 Å². The molecule has 0 aromatic heterocycles. The molecule has 0 aliphatic carbocycles. The lowest BCUT2D eigenvalue weighted by Crippen LogP contribution is -2.65. The van der Waals surface area contributed by atoms with Gasteiger partial charge in [-0.15, -0.1) is 0 Å². The van der Waals surface area contributed by atoms with Crippen molar-refractivity contribution in [1.82, 2.24) is 4.90 Å².